The number of aryl methyl sites for hydroxylation is 1. The molecular weight excluding hydrogens is 452 g/mol. The molecular formula is C22H21Cl2F3N2O2. The van der Waals surface area contributed by atoms with Gasteiger partial charge < -0.3 is 0 Å². The van der Waals surface area contributed by atoms with E-state index in [-0.39, 0.29) is 27.2 Å². The second-order valence-corrected chi connectivity index (χ2v) is 8.85. The maximum atomic E-state index is 14.1. The number of hydrogen-bond donors (Lipinski definition) is 1. The van der Waals surface area contributed by atoms with Gasteiger partial charge in [0, 0.05) is 15.6 Å². The number of nitroso groups, excluding NO2 is 1. The van der Waals surface area contributed by atoms with Crippen molar-refractivity contribution in [3.63, 3.8) is 0 Å². The van der Waals surface area contributed by atoms with Crippen molar-refractivity contribution in [3.8, 4) is 0 Å². The number of alkyl halides is 3. The minimum atomic E-state index is -4.78. The van der Waals surface area contributed by atoms with E-state index in [1.807, 2.05) is 13.8 Å². The number of benzene rings is 2. The van der Waals surface area contributed by atoms with Gasteiger partial charge in [0.05, 0.1) is 5.70 Å². The maximum Gasteiger partial charge on any atom is 0.428 e. The van der Waals surface area contributed by atoms with Crippen molar-refractivity contribution < 1.29 is 18.0 Å². The third-order valence-corrected chi connectivity index (χ3v) is 5.58. The molecule has 0 radical (unpaired) electrons. The lowest BCUT2D eigenvalue weighted by Gasteiger charge is -2.28. The monoisotopic (exact) mass is 472 g/mol. The topological polar surface area (TPSA) is 50.7 Å². The predicted molar refractivity (Wildman–Crippen MR) is 116 cm³/mol. The van der Waals surface area contributed by atoms with Crippen LogP contribution in [0.1, 0.15) is 48.6 Å². The number of nitrogens with one attached hydrogen (secondary N) is 1. The van der Waals surface area contributed by atoms with Crippen LogP contribution in [0.5, 0.6) is 0 Å². The van der Waals surface area contributed by atoms with Gasteiger partial charge in [0.25, 0.3) is 0 Å². The van der Waals surface area contributed by atoms with Crippen molar-refractivity contribution in [3.05, 3.63) is 79.7 Å². The van der Waals surface area contributed by atoms with Crippen LogP contribution in [0, 0.1) is 17.7 Å². The maximum absolute atomic E-state index is 14.1. The molecule has 1 heterocycles. The summed E-state index contributed by atoms with van der Waals surface area (Å²) in [5.74, 6) is 0.270. The molecule has 0 aromatic heterocycles. The fraction of sp³-hybridized carbons (Fsp3) is 0.364. The highest BCUT2D eigenvalue weighted by Crippen LogP contribution is 2.48. The SMILES string of the molecule is Cc1cc(C2=CC(c3cc(Cl)cc(Cl)c3)(C(F)(F)F)ON2)ccc1C(CC(C)C)N=O. The van der Waals surface area contributed by atoms with Gasteiger partial charge in [0.2, 0.25) is 5.60 Å². The van der Waals surface area contributed by atoms with Crippen LogP contribution in [-0.4, -0.2) is 6.18 Å². The number of nitrogens with zero attached hydrogens (tertiary/aromatic N) is 1. The molecule has 31 heavy (non-hydrogen) atoms. The summed E-state index contributed by atoms with van der Waals surface area (Å²) in [5.41, 5.74) is 1.52. The van der Waals surface area contributed by atoms with E-state index in [9.17, 15) is 18.1 Å². The fourth-order valence-corrected chi connectivity index (χ4v) is 4.17. The summed E-state index contributed by atoms with van der Waals surface area (Å²) in [6, 6.07) is 8.23. The van der Waals surface area contributed by atoms with Crippen molar-refractivity contribution in [1.29, 1.82) is 0 Å². The Morgan fingerprint density at radius 1 is 1.13 bits per heavy atom. The van der Waals surface area contributed by atoms with E-state index >= 15 is 0 Å². The molecule has 4 nitrogen and oxygen atoms in total. The van der Waals surface area contributed by atoms with E-state index in [1.54, 1.807) is 25.1 Å². The predicted octanol–water partition coefficient (Wildman–Crippen LogP) is 7.49. The van der Waals surface area contributed by atoms with Crippen molar-refractivity contribution in [1.82, 2.24) is 5.48 Å². The third kappa shape index (κ3) is 4.73. The molecule has 1 aliphatic heterocycles. The highest BCUT2D eigenvalue weighted by molar-refractivity contribution is 6.34. The zero-order valence-electron chi connectivity index (χ0n) is 17.1. The molecule has 0 spiro atoms. The van der Waals surface area contributed by atoms with Crippen LogP contribution in [0.4, 0.5) is 13.2 Å². The molecule has 9 heteroatoms. The zero-order chi connectivity index (χ0) is 23.0. The second-order valence-electron chi connectivity index (χ2n) is 7.98. The highest BCUT2D eigenvalue weighted by atomic mass is 35.5. The first-order chi connectivity index (χ1) is 14.5. The molecule has 0 bridgehead atoms. The molecule has 0 aliphatic carbocycles. The average Bonchev–Trinajstić information content (AvgIpc) is 3.12. The van der Waals surface area contributed by atoms with Crippen molar-refractivity contribution >= 4 is 28.9 Å². The molecule has 166 valence electrons. The Hall–Kier alpha value is -2.09. The Balaban J connectivity index is 2.04. The van der Waals surface area contributed by atoms with E-state index in [1.165, 1.54) is 18.2 Å². The van der Waals surface area contributed by atoms with E-state index < -0.39 is 17.8 Å². The molecule has 0 saturated heterocycles. The van der Waals surface area contributed by atoms with Crippen molar-refractivity contribution in [2.45, 2.75) is 45.0 Å². The van der Waals surface area contributed by atoms with Gasteiger partial charge in [-0.3, -0.25) is 10.3 Å². The first-order valence-corrected chi connectivity index (χ1v) is 10.4. The van der Waals surface area contributed by atoms with Crippen LogP contribution in [0.2, 0.25) is 10.0 Å². The normalized spacial score (nSPS) is 19.8. The number of rotatable bonds is 6. The Bertz CT molecular complexity index is 1000. The quantitative estimate of drug-likeness (QED) is 0.443. The molecule has 2 unspecified atom stereocenters. The lowest BCUT2D eigenvalue weighted by Crippen LogP contribution is -2.42. The lowest BCUT2D eigenvalue weighted by atomic mass is 9.90. The molecule has 0 fully saturated rings. The third-order valence-electron chi connectivity index (χ3n) is 5.14. The van der Waals surface area contributed by atoms with E-state index in [0.29, 0.717) is 12.0 Å². The zero-order valence-corrected chi connectivity index (χ0v) is 18.6. The van der Waals surface area contributed by atoms with Crippen molar-refractivity contribution in [2.24, 2.45) is 11.1 Å². The largest absolute Gasteiger partial charge is 0.428 e. The lowest BCUT2D eigenvalue weighted by molar-refractivity contribution is -0.269. The highest BCUT2D eigenvalue weighted by Gasteiger charge is 2.59. The molecule has 0 saturated carbocycles. The Kier molecular flexibility index (Phi) is 6.69. The van der Waals surface area contributed by atoms with Gasteiger partial charge in [0.15, 0.2) is 0 Å². The number of halogens is 5. The number of hydroxylamine groups is 1. The summed E-state index contributed by atoms with van der Waals surface area (Å²) in [4.78, 5) is 16.4. The van der Waals surface area contributed by atoms with Crippen LogP contribution in [0.25, 0.3) is 5.70 Å². The van der Waals surface area contributed by atoms with Gasteiger partial charge in [-0.1, -0.05) is 54.4 Å². The first-order valence-electron chi connectivity index (χ1n) is 9.60. The van der Waals surface area contributed by atoms with Crippen LogP contribution in [0.15, 0.2) is 47.7 Å². The van der Waals surface area contributed by atoms with Crippen LogP contribution in [0.3, 0.4) is 0 Å². The summed E-state index contributed by atoms with van der Waals surface area (Å²) in [6.45, 7) is 5.78. The van der Waals surface area contributed by atoms with Gasteiger partial charge in [0.1, 0.15) is 6.04 Å². The van der Waals surface area contributed by atoms with Crippen LogP contribution < -0.4 is 5.48 Å². The Labute approximate surface area is 188 Å². The standard InChI is InChI=1S/C22H21Cl2F3N2O2/c1-12(2)6-19(28-30)18-5-4-14(7-13(18)3)20-11-21(31-29-20,22(25,26)27)15-8-16(23)10-17(24)9-15/h4-5,7-12,19,29H,6H2,1-3H3. The molecule has 2 atom stereocenters. The molecule has 3 rings (SSSR count). The van der Waals surface area contributed by atoms with Crippen LogP contribution >= 0.6 is 23.2 Å². The van der Waals surface area contributed by atoms with E-state index in [2.05, 4.69) is 10.7 Å². The van der Waals surface area contributed by atoms with Crippen molar-refractivity contribution in [2.75, 3.05) is 0 Å². The summed E-state index contributed by atoms with van der Waals surface area (Å²) < 4.78 is 42.4. The summed E-state index contributed by atoms with van der Waals surface area (Å²) in [5, 5.41) is 3.35. The smallest absolute Gasteiger partial charge is 0.265 e. The van der Waals surface area contributed by atoms with Gasteiger partial charge in [-0.2, -0.15) is 18.1 Å². The average molecular weight is 473 g/mol. The minimum absolute atomic E-state index is 0.0642. The second kappa shape index (κ2) is 8.81. The van der Waals surface area contributed by atoms with Gasteiger partial charge >= 0.3 is 6.18 Å². The molecule has 1 N–H and O–H groups in total. The molecule has 2 aromatic carbocycles. The minimum Gasteiger partial charge on any atom is -0.265 e. The Morgan fingerprint density at radius 3 is 2.29 bits per heavy atom. The summed E-state index contributed by atoms with van der Waals surface area (Å²) >= 11 is 11.9. The summed E-state index contributed by atoms with van der Waals surface area (Å²) in [6.07, 6.45) is -3.23. The van der Waals surface area contributed by atoms with E-state index in [0.717, 1.165) is 17.2 Å². The van der Waals surface area contributed by atoms with Crippen LogP contribution in [-0.2, 0) is 10.4 Å². The fourth-order valence-electron chi connectivity index (χ4n) is 3.64. The first kappa shape index (κ1) is 23.6. The van der Waals surface area contributed by atoms with E-state index in [4.69, 9.17) is 28.0 Å². The summed E-state index contributed by atoms with van der Waals surface area (Å²) in [7, 11) is 0. The van der Waals surface area contributed by atoms with Gasteiger partial charge in [-0.05, 0) is 66.3 Å². The number of hydrogen-bond acceptors (Lipinski definition) is 4. The van der Waals surface area contributed by atoms with Gasteiger partial charge in [-0.25, -0.2) is 0 Å². The molecule has 2 aromatic rings. The molecule has 0 amide bonds. The van der Waals surface area contributed by atoms with Gasteiger partial charge in [-0.15, -0.1) is 0 Å². The molecule has 1 aliphatic rings. The Morgan fingerprint density at radius 2 is 1.77 bits per heavy atom.